The maximum Gasteiger partial charge on any atom is 0.308 e. The summed E-state index contributed by atoms with van der Waals surface area (Å²) in [5, 5.41) is 3.00. The normalized spacial score (nSPS) is 16.6. The summed E-state index contributed by atoms with van der Waals surface area (Å²) < 4.78 is 15.4. The fraction of sp³-hybridized carbons (Fsp3) is 0.421. The highest BCUT2D eigenvalue weighted by atomic mass is 35.5. The number of methoxy groups -OCH3 is 2. The third-order valence-corrected chi connectivity index (χ3v) is 4.44. The molecule has 1 heterocycles. The number of hydrogen-bond donors (Lipinski definition) is 1. The van der Waals surface area contributed by atoms with Gasteiger partial charge in [0.2, 0.25) is 11.8 Å². The van der Waals surface area contributed by atoms with Crippen molar-refractivity contribution in [3.8, 4) is 11.5 Å². The third-order valence-electron chi connectivity index (χ3n) is 4.16. The van der Waals surface area contributed by atoms with Gasteiger partial charge in [0.1, 0.15) is 6.04 Å². The van der Waals surface area contributed by atoms with E-state index in [1.54, 1.807) is 18.2 Å². The highest BCUT2D eigenvalue weighted by molar-refractivity contribution is 6.32. The predicted molar refractivity (Wildman–Crippen MR) is 103 cm³/mol. The SMILES string of the molecule is CCOc1cc(/C=C/C(=O)N2CCNC(=O)C2CC(=O)OC)cc(Cl)c1OC. The molecule has 1 aliphatic heterocycles. The average molecular weight is 411 g/mol. The molecule has 1 aromatic carbocycles. The Morgan fingerprint density at radius 1 is 1.36 bits per heavy atom. The summed E-state index contributed by atoms with van der Waals surface area (Å²) >= 11 is 6.21. The smallest absolute Gasteiger partial charge is 0.308 e. The molecule has 1 aliphatic rings. The minimum atomic E-state index is -0.906. The first-order valence-electron chi connectivity index (χ1n) is 8.74. The summed E-state index contributed by atoms with van der Waals surface area (Å²) in [5.41, 5.74) is 0.633. The first kappa shape index (κ1) is 21.6. The minimum Gasteiger partial charge on any atom is -0.491 e. The van der Waals surface area contributed by atoms with Crippen molar-refractivity contribution in [2.24, 2.45) is 0 Å². The van der Waals surface area contributed by atoms with Gasteiger partial charge in [-0.2, -0.15) is 0 Å². The monoisotopic (exact) mass is 410 g/mol. The number of esters is 1. The van der Waals surface area contributed by atoms with Gasteiger partial charge < -0.3 is 24.4 Å². The van der Waals surface area contributed by atoms with Crippen molar-refractivity contribution in [3.05, 3.63) is 28.8 Å². The summed E-state index contributed by atoms with van der Waals surface area (Å²) in [6, 6.07) is 2.44. The number of ether oxygens (including phenoxy) is 3. The molecule has 2 amide bonds. The highest BCUT2D eigenvalue weighted by Gasteiger charge is 2.34. The van der Waals surface area contributed by atoms with Crippen molar-refractivity contribution in [3.63, 3.8) is 0 Å². The van der Waals surface area contributed by atoms with E-state index < -0.39 is 17.9 Å². The number of piperazine rings is 1. The topological polar surface area (TPSA) is 94.2 Å². The van der Waals surface area contributed by atoms with Gasteiger partial charge in [-0.25, -0.2) is 0 Å². The summed E-state index contributed by atoms with van der Waals surface area (Å²) in [6.07, 6.45) is 2.69. The van der Waals surface area contributed by atoms with Gasteiger partial charge in [0.15, 0.2) is 11.5 Å². The first-order chi connectivity index (χ1) is 13.4. The van der Waals surface area contributed by atoms with Crippen molar-refractivity contribution in [1.29, 1.82) is 0 Å². The van der Waals surface area contributed by atoms with E-state index in [0.29, 0.717) is 41.8 Å². The molecule has 9 heteroatoms. The number of carbonyl (C=O) groups excluding carboxylic acids is 3. The van der Waals surface area contributed by atoms with Crippen LogP contribution in [0.3, 0.4) is 0 Å². The molecule has 1 N–H and O–H groups in total. The second kappa shape index (κ2) is 9.98. The maximum absolute atomic E-state index is 12.6. The van der Waals surface area contributed by atoms with E-state index in [1.807, 2.05) is 6.92 Å². The van der Waals surface area contributed by atoms with E-state index in [9.17, 15) is 14.4 Å². The zero-order valence-corrected chi connectivity index (χ0v) is 16.7. The lowest BCUT2D eigenvalue weighted by molar-refractivity contribution is -0.148. The van der Waals surface area contributed by atoms with Gasteiger partial charge in [0.05, 0.1) is 32.3 Å². The van der Waals surface area contributed by atoms with E-state index in [1.165, 1.54) is 25.2 Å². The molecule has 0 aromatic heterocycles. The van der Waals surface area contributed by atoms with Crippen LogP contribution in [0, 0.1) is 0 Å². The molecule has 8 nitrogen and oxygen atoms in total. The van der Waals surface area contributed by atoms with E-state index in [4.69, 9.17) is 21.1 Å². The zero-order chi connectivity index (χ0) is 20.7. The minimum absolute atomic E-state index is 0.204. The Morgan fingerprint density at radius 3 is 2.75 bits per heavy atom. The van der Waals surface area contributed by atoms with Gasteiger partial charge in [-0.15, -0.1) is 0 Å². The second-order valence-corrected chi connectivity index (χ2v) is 6.33. The molecule has 2 rings (SSSR count). The van der Waals surface area contributed by atoms with Crippen LogP contribution in [0.4, 0.5) is 0 Å². The van der Waals surface area contributed by atoms with Crippen molar-refractivity contribution in [2.75, 3.05) is 33.9 Å². The molecule has 28 heavy (non-hydrogen) atoms. The van der Waals surface area contributed by atoms with Gasteiger partial charge >= 0.3 is 5.97 Å². The lowest BCUT2D eigenvalue weighted by atomic mass is 10.1. The van der Waals surface area contributed by atoms with Gasteiger partial charge in [0, 0.05) is 19.2 Å². The Kier molecular flexibility index (Phi) is 7.69. The number of nitrogens with one attached hydrogen (secondary N) is 1. The summed E-state index contributed by atoms with van der Waals surface area (Å²) in [6.45, 7) is 2.88. The largest absolute Gasteiger partial charge is 0.491 e. The average Bonchev–Trinajstić information content (AvgIpc) is 2.67. The quantitative estimate of drug-likeness (QED) is 0.542. The van der Waals surface area contributed by atoms with Crippen LogP contribution < -0.4 is 14.8 Å². The number of amides is 2. The summed E-state index contributed by atoms with van der Waals surface area (Å²) in [7, 11) is 2.73. The van der Waals surface area contributed by atoms with E-state index in [0.717, 1.165) is 0 Å². The first-order valence-corrected chi connectivity index (χ1v) is 9.12. The molecule has 0 saturated carbocycles. The number of halogens is 1. The van der Waals surface area contributed by atoms with Crippen LogP contribution in [-0.2, 0) is 19.1 Å². The molecule has 0 bridgehead atoms. The van der Waals surface area contributed by atoms with Crippen molar-refractivity contribution in [2.45, 2.75) is 19.4 Å². The molecule has 1 fully saturated rings. The Labute approximate surface area is 168 Å². The van der Waals surface area contributed by atoms with Crippen LogP contribution in [-0.4, -0.2) is 62.6 Å². The molecule has 0 radical (unpaired) electrons. The summed E-state index contributed by atoms with van der Waals surface area (Å²) in [5.74, 6) is -0.464. The third kappa shape index (κ3) is 5.16. The molecule has 1 saturated heterocycles. The number of benzene rings is 1. The zero-order valence-electron chi connectivity index (χ0n) is 16.0. The molecular weight excluding hydrogens is 388 g/mol. The van der Waals surface area contributed by atoms with Crippen LogP contribution in [0.2, 0.25) is 5.02 Å². The van der Waals surface area contributed by atoms with E-state index in [2.05, 4.69) is 10.1 Å². The molecule has 0 aliphatic carbocycles. The molecule has 152 valence electrons. The van der Waals surface area contributed by atoms with Gasteiger partial charge in [0.25, 0.3) is 0 Å². The van der Waals surface area contributed by atoms with Gasteiger partial charge in [-0.3, -0.25) is 14.4 Å². The van der Waals surface area contributed by atoms with Crippen LogP contribution in [0.1, 0.15) is 18.9 Å². The highest BCUT2D eigenvalue weighted by Crippen LogP contribution is 2.36. The lowest BCUT2D eigenvalue weighted by Gasteiger charge is -2.33. The van der Waals surface area contributed by atoms with Crippen molar-refractivity contribution >= 4 is 35.5 Å². The van der Waals surface area contributed by atoms with Gasteiger partial charge in [-0.1, -0.05) is 11.6 Å². The maximum atomic E-state index is 12.6. The molecule has 1 atom stereocenters. The Balaban J connectivity index is 2.21. The molecule has 1 aromatic rings. The standard InChI is InChI=1S/C19H23ClN2O6/c1-4-28-15-10-12(9-13(20)18(15)27-3)5-6-16(23)22-8-7-21-19(25)14(22)11-17(24)26-2/h5-6,9-10,14H,4,7-8,11H2,1-3H3,(H,21,25)/b6-5+. The Morgan fingerprint density at radius 2 is 2.11 bits per heavy atom. The lowest BCUT2D eigenvalue weighted by Crippen LogP contribution is -2.57. The molecule has 0 spiro atoms. The van der Waals surface area contributed by atoms with Crippen LogP contribution in [0.25, 0.3) is 6.08 Å². The number of nitrogens with zero attached hydrogens (tertiary/aromatic N) is 1. The second-order valence-electron chi connectivity index (χ2n) is 5.92. The number of carbonyl (C=O) groups is 3. The van der Waals surface area contributed by atoms with Crippen molar-refractivity contribution < 1.29 is 28.6 Å². The number of hydrogen-bond acceptors (Lipinski definition) is 6. The van der Waals surface area contributed by atoms with E-state index >= 15 is 0 Å². The van der Waals surface area contributed by atoms with Crippen LogP contribution in [0.15, 0.2) is 18.2 Å². The fourth-order valence-electron chi connectivity index (χ4n) is 2.83. The summed E-state index contributed by atoms with van der Waals surface area (Å²) in [4.78, 5) is 37.6. The molecule has 1 unspecified atom stereocenters. The Hall–Kier alpha value is -2.74. The van der Waals surface area contributed by atoms with E-state index in [-0.39, 0.29) is 12.3 Å². The van der Waals surface area contributed by atoms with Gasteiger partial charge in [-0.05, 0) is 30.7 Å². The Bertz CT molecular complexity index is 780. The predicted octanol–water partition coefficient (Wildman–Crippen LogP) is 1.65. The van der Waals surface area contributed by atoms with Crippen molar-refractivity contribution in [1.82, 2.24) is 10.2 Å². The molecular formula is C19H23ClN2O6. The van der Waals surface area contributed by atoms with Crippen LogP contribution in [0.5, 0.6) is 11.5 Å². The fourth-order valence-corrected chi connectivity index (χ4v) is 3.13. The van der Waals surface area contributed by atoms with Crippen LogP contribution >= 0.6 is 11.6 Å². The number of rotatable bonds is 7.